The number of carboxylic acids is 1. The van der Waals surface area contributed by atoms with Gasteiger partial charge in [0, 0.05) is 18.8 Å². The Hall–Kier alpha value is -1.53. The van der Waals surface area contributed by atoms with E-state index in [1.807, 2.05) is 19.1 Å². The molecule has 0 amide bonds. The first-order valence-electron chi connectivity index (χ1n) is 9.92. The smallest absolute Gasteiger partial charge is 0.340 e. The molecular formula is C21H29F2NO3. The third kappa shape index (κ3) is 4.32. The molecule has 4 nitrogen and oxygen atoms in total. The molecule has 0 aromatic heterocycles. The van der Waals surface area contributed by atoms with E-state index < -0.39 is 29.8 Å². The number of benzene rings is 1. The summed E-state index contributed by atoms with van der Waals surface area (Å²) in [5, 5.41) is 13.5. The molecule has 1 aliphatic heterocycles. The SMILES string of the molecule is CCc1ccc([C@@](OCC2CCNCC2)(C(=O)O)[C@@H]2CCC(F)(F)C2)cc1. The number of carbonyl (C=O) groups is 1. The summed E-state index contributed by atoms with van der Waals surface area (Å²) in [5.74, 6) is -4.48. The number of aryl methyl sites for hydroxylation is 1. The third-order valence-corrected chi connectivity index (χ3v) is 6.09. The predicted molar refractivity (Wildman–Crippen MR) is 99.0 cm³/mol. The van der Waals surface area contributed by atoms with Crippen molar-refractivity contribution in [2.75, 3.05) is 19.7 Å². The zero-order chi connectivity index (χ0) is 19.5. The Labute approximate surface area is 159 Å². The molecule has 3 rings (SSSR count). The van der Waals surface area contributed by atoms with Gasteiger partial charge in [-0.1, -0.05) is 31.2 Å². The molecule has 27 heavy (non-hydrogen) atoms. The van der Waals surface area contributed by atoms with Crippen LogP contribution in [0.1, 0.15) is 50.2 Å². The normalized spacial score (nSPS) is 25.2. The molecule has 6 heteroatoms. The van der Waals surface area contributed by atoms with Gasteiger partial charge in [0.15, 0.2) is 5.60 Å². The molecule has 2 N–H and O–H groups in total. The number of hydrogen-bond donors (Lipinski definition) is 2. The minimum absolute atomic E-state index is 0.154. The largest absolute Gasteiger partial charge is 0.479 e. The fourth-order valence-electron chi connectivity index (χ4n) is 4.38. The molecule has 2 aliphatic rings. The molecular weight excluding hydrogens is 352 g/mol. The summed E-state index contributed by atoms with van der Waals surface area (Å²) < 4.78 is 34.0. The van der Waals surface area contributed by atoms with Gasteiger partial charge in [0.1, 0.15) is 0 Å². The maximum absolute atomic E-state index is 14.0. The van der Waals surface area contributed by atoms with Crippen LogP contribution in [0.5, 0.6) is 0 Å². The number of ether oxygens (including phenoxy) is 1. The number of aliphatic carboxylic acids is 1. The first-order valence-corrected chi connectivity index (χ1v) is 9.92. The van der Waals surface area contributed by atoms with Crippen molar-refractivity contribution >= 4 is 5.97 Å². The second kappa shape index (κ2) is 8.23. The molecule has 0 spiro atoms. The van der Waals surface area contributed by atoms with Gasteiger partial charge in [0.05, 0.1) is 6.61 Å². The van der Waals surface area contributed by atoms with Crippen molar-refractivity contribution in [3.63, 3.8) is 0 Å². The van der Waals surface area contributed by atoms with Crippen LogP contribution in [0.15, 0.2) is 24.3 Å². The first-order chi connectivity index (χ1) is 12.9. The zero-order valence-electron chi connectivity index (χ0n) is 15.8. The number of hydrogen-bond acceptors (Lipinski definition) is 3. The van der Waals surface area contributed by atoms with Crippen LogP contribution in [0.3, 0.4) is 0 Å². The summed E-state index contributed by atoms with van der Waals surface area (Å²) in [6, 6.07) is 7.22. The second-order valence-corrected chi connectivity index (χ2v) is 7.89. The Morgan fingerprint density at radius 2 is 1.93 bits per heavy atom. The second-order valence-electron chi connectivity index (χ2n) is 7.89. The topological polar surface area (TPSA) is 58.6 Å². The standard InChI is InChI=1S/C21H29F2NO3/c1-2-15-3-5-17(6-4-15)21(19(25)26,18-7-10-20(22,23)13-18)27-14-16-8-11-24-12-9-16/h3-6,16,18,24H,2,7-14H2,1H3,(H,25,26)/t18-,21+/m1/s1. The zero-order valence-corrected chi connectivity index (χ0v) is 15.8. The van der Waals surface area contributed by atoms with E-state index in [-0.39, 0.29) is 25.4 Å². The van der Waals surface area contributed by atoms with E-state index in [1.54, 1.807) is 12.1 Å². The van der Waals surface area contributed by atoms with Gasteiger partial charge in [0.2, 0.25) is 5.92 Å². The molecule has 0 bridgehead atoms. The molecule has 0 radical (unpaired) electrons. The van der Waals surface area contributed by atoms with Gasteiger partial charge < -0.3 is 15.2 Å². The van der Waals surface area contributed by atoms with Crippen LogP contribution >= 0.6 is 0 Å². The van der Waals surface area contributed by atoms with E-state index in [9.17, 15) is 18.7 Å². The molecule has 1 aromatic rings. The van der Waals surface area contributed by atoms with Gasteiger partial charge in [-0.25, -0.2) is 13.6 Å². The summed E-state index contributed by atoms with van der Waals surface area (Å²) in [6.45, 7) is 4.05. The molecule has 1 aromatic carbocycles. The quantitative estimate of drug-likeness (QED) is 0.750. The maximum atomic E-state index is 14.0. The van der Waals surface area contributed by atoms with Crippen LogP contribution in [0.2, 0.25) is 0 Å². The lowest BCUT2D eigenvalue weighted by molar-refractivity contribution is -0.182. The van der Waals surface area contributed by atoms with Crippen LogP contribution in [0.4, 0.5) is 8.78 Å². The number of carboxylic acid groups (broad SMARTS) is 1. The summed E-state index contributed by atoms with van der Waals surface area (Å²) in [5.41, 5.74) is -0.158. The van der Waals surface area contributed by atoms with Gasteiger partial charge in [-0.05, 0) is 55.8 Å². The van der Waals surface area contributed by atoms with E-state index in [2.05, 4.69) is 5.32 Å². The molecule has 0 unspecified atom stereocenters. The van der Waals surface area contributed by atoms with Crippen LogP contribution in [-0.4, -0.2) is 36.7 Å². The highest BCUT2D eigenvalue weighted by atomic mass is 19.3. The predicted octanol–water partition coefficient (Wildman–Crippen LogP) is 3.98. The number of rotatable bonds is 7. The van der Waals surface area contributed by atoms with Gasteiger partial charge in [0.25, 0.3) is 0 Å². The minimum Gasteiger partial charge on any atom is -0.479 e. The monoisotopic (exact) mass is 381 g/mol. The average molecular weight is 381 g/mol. The molecule has 1 aliphatic carbocycles. The van der Waals surface area contributed by atoms with Crippen LogP contribution in [-0.2, 0) is 21.6 Å². The molecule has 1 heterocycles. The highest BCUT2D eigenvalue weighted by molar-refractivity contribution is 5.80. The lowest BCUT2D eigenvalue weighted by Crippen LogP contribution is -2.46. The number of nitrogens with one attached hydrogen (secondary N) is 1. The molecule has 1 saturated carbocycles. The van der Waals surface area contributed by atoms with Gasteiger partial charge >= 0.3 is 5.97 Å². The van der Waals surface area contributed by atoms with Crippen LogP contribution in [0, 0.1) is 11.8 Å². The fourth-order valence-corrected chi connectivity index (χ4v) is 4.38. The van der Waals surface area contributed by atoms with E-state index >= 15 is 0 Å². The van der Waals surface area contributed by atoms with Crippen molar-refractivity contribution in [1.29, 1.82) is 0 Å². The summed E-state index contributed by atoms with van der Waals surface area (Å²) in [4.78, 5) is 12.5. The Kier molecular flexibility index (Phi) is 6.16. The Bertz CT molecular complexity index is 643. The number of piperidine rings is 1. The Balaban J connectivity index is 1.92. The van der Waals surface area contributed by atoms with E-state index in [0.717, 1.165) is 37.9 Å². The van der Waals surface area contributed by atoms with Crippen molar-refractivity contribution in [1.82, 2.24) is 5.32 Å². The minimum atomic E-state index is -2.83. The molecule has 1 saturated heterocycles. The van der Waals surface area contributed by atoms with Gasteiger partial charge in [-0.2, -0.15) is 0 Å². The molecule has 150 valence electrons. The highest BCUT2D eigenvalue weighted by Gasteiger charge is 2.55. The highest BCUT2D eigenvalue weighted by Crippen LogP contribution is 2.49. The lowest BCUT2D eigenvalue weighted by Gasteiger charge is -2.37. The van der Waals surface area contributed by atoms with Crippen LogP contribution < -0.4 is 5.32 Å². The van der Waals surface area contributed by atoms with Crippen molar-refractivity contribution < 1.29 is 23.4 Å². The first kappa shape index (κ1) is 20.2. The van der Waals surface area contributed by atoms with Crippen LogP contribution in [0.25, 0.3) is 0 Å². The van der Waals surface area contributed by atoms with Crippen molar-refractivity contribution in [3.05, 3.63) is 35.4 Å². The summed E-state index contributed by atoms with van der Waals surface area (Å²) in [6.07, 6.45) is 2.08. The third-order valence-electron chi connectivity index (χ3n) is 6.09. The number of halogens is 2. The summed E-state index contributed by atoms with van der Waals surface area (Å²) >= 11 is 0. The fraction of sp³-hybridized carbons (Fsp3) is 0.667. The van der Waals surface area contributed by atoms with Crippen molar-refractivity contribution in [3.8, 4) is 0 Å². The van der Waals surface area contributed by atoms with E-state index in [0.29, 0.717) is 5.56 Å². The summed E-state index contributed by atoms with van der Waals surface area (Å²) in [7, 11) is 0. The van der Waals surface area contributed by atoms with Gasteiger partial charge in [-0.3, -0.25) is 0 Å². The molecule has 2 atom stereocenters. The Morgan fingerprint density at radius 1 is 1.26 bits per heavy atom. The van der Waals surface area contributed by atoms with Gasteiger partial charge in [-0.15, -0.1) is 0 Å². The Morgan fingerprint density at radius 3 is 2.44 bits per heavy atom. The maximum Gasteiger partial charge on any atom is 0.340 e. The lowest BCUT2D eigenvalue weighted by atomic mass is 9.79. The van der Waals surface area contributed by atoms with E-state index in [1.165, 1.54) is 0 Å². The molecule has 2 fully saturated rings. The van der Waals surface area contributed by atoms with Crippen molar-refractivity contribution in [2.24, 2.45) is 11.8 Å². The van der Waals surface area contributed by atoms with Crippen molar-refractivity contribution in [2.45, 2.75) is 57.0 Å². The number of alkyl halides is 2. The van der Waals surface area contributed by atoms with E-state index in [4.69, 9.17) is 4.74 Å². The average Bonchev–Trinajstić information content (AvgIpc) is 3.03.